The third-order valence-electron chi connectivity index (χ3n) is 5.94. The average Bonchev–Trinajstić information content (AvgIpc) is 3.47. The van der Waals surface area contributed by atoms with Gasteiger partial charge in [0.1, 0.15) is 11.3 Å². The maximum atomic E-state index is 12.3. The van der Waals surface area contributed by atoms with Gasteiger partial charge in [-0.1, -0.05) is 18.2 Å². The number of rotatable bonds is 6. The van der Waals surface area contributed by atoms with Crippen LogP contribution >= 0.6 is 0 Å². The van der Waals surface area contributed by atoms with E-state index in [-0.39, 0.29) is 0 Å². The number of fused-ring (bicyclic) bond motifs is 1. The molecule has 0 spiro atoms. The van der Waals surface area contributed by atoms with Gasteiger partial charge in [-0.15, -0.1) is 0 Å². The molecule has 0 bridgehead atoms. The molecule has 3 aromatic heterocycles. The van der Waals surface area contributed by atoms with E-state index >= 15 is 0 Å². The van der Waals surface area contributed by atoms with Gasteiger partial charge in [-0.25, -0.2) is 14.8 Å². The van der Waals surface area contributed by atoms with Crippen LogP contribution in [0.15, 0.2) is 73.3 Å². The van der Waals surface area contributed by atoms with Gasteiger partial charge in [0.15, 0.2) is 11.5 Å². The van der Waals surface area contributed by atoms with Crippen molar-refractivity contribution < 1.29 is 9.53 Å². The maximum absolute atomic E-state index is 12.3. The summed E-state index contributed by atoms with van der Waals surface area (Å²) in [6.07, 6.45) is 6.91. The van der Waals surface area contributed by atoms with Gasteiger partial charge in [0, 0.05) is 67.9 Å². The number of benzene rings is 2. The smallest absolute Gasteiger partial charge is 0.412 e. The van der Waals surface area contributed by atoms with E-state index in [2.05, 4.69) is 32.7 Å². The van der Waals surface area contributed by atoms with E-state index in [4.69, 9.17) is 14.8 Å². The Balaban J connectivity index is 1.49. The molecule has 200 valence electrons. The fourth-order valence-electron chi connectivity index (χ4n) is 4.26. The van der Waals surface area contributed by atoms with Crippen molar-refractivity contribution in [1.29, 1.82) is 0 Å². The van der Waals surface area contributed by atoms with Gasteiger partial charge >= 0.3 is 6.09 Å². The monoisotopic (exact) mass is 524 g/mol. The number of carbonyl (C=O) groups excluding carboxylic acids is 1. The highest BCUT2D eigenvalue weighted by Gasteiger charge is 2.19. The molecule has 0 aliphatic carbocycles. The molecule has 0 atom stereocenters. The molecule has 2 N–H and O–H groups in total. The zero-order valence-electron chi connectivity index (χ0n) is 22.9. The van der Waals surface area contributed by atoms with Crippen molar-refractivity contribution in [1.82, 2.24) is 24.1 Å². The van der Waals surface area contributed by atoms with Crippen molar-refractivity contribution in [3.63, 3.8) is 0 Å². The Labute approximate surface area is 227 Å². The van der Waals surface area contributed by atoms with Crippen LogP contribution in [0.5, 0.6) is 0 Å². The summed E-state index contributed by atoms with van der Waals surface area (Å²) in [6.45, 7) is 5.49. The second-order valence-corrected chi connectivity index (χ2v) is 10.5. The predicted octanol–water partition coefficient (Wildman–Crippen LogP) is 5.95. The molecule has 1 amide bonds. The first-order valence-electron chi connectivity index (χ1n) is 12.6. The lowest BCUT2D eigenvalue weighted by molar-refractivity contribution is 0.0636. The number of hydrogen-bond donors (Lipinski definition) is 2. The molecule has 0 aliphatic rings. The van der Waals surface area contributed by atoms with Crippen molar-refractivity contribution in [2.45, 2.75) is 26.4 Å². The van der Waals surface area contributed by atoms with Crippen LogP contribution in [0, 0.1) is 0 Å². The number of hydrogen-bond acceptors (Lipinski definition) is 7. The zero-order chi connectivity index (χ0) is 27.7. The summed E-state index contributed by atoms with van der Waals surface area (Å²) in [5.74, 6) is 0.647. The highest BCUT2D eigenvalue weighted by atomic mass is 16.6. The van der Waals surface area contributed by atoms with Gasteiger partial charge in [-0.3, -0.25) is 14.4 Å². The minimum atomic E-state index is -0.587. The molecule has 0 radical (unpaired) electrons. The molecule has 0 saturated carbocycles. The minimum absolute atomic E-state index is 0.508. The molecule has 0 aliphatic heterocycles. The largest absolute Gasteiger partial charge is 0.444 e. The number of ether oxygens (including phenoxy) is 1. The first kappa shape index (κ1) is 25.8. The summed E-state index contributed by atoms with van der Waals surface area (Å²) >= 11 is 0. The topological polar surface area (TPSA) is 102 Å². The van der Waals surface area contributed by atoms with E-state index in [1.807, 2.05) is 101 Å². The van der Waals surface area contributed by atoms with E-state index in [1.54, 1.807) is 10.9 Å². The normalized spacial score (nSPS) is 11.4. The molecule has 2 aromatic carbocycles. The Kier molecular flexibility index (Phi) is 6.69. The fourth-order valence-corrected chi connectivity index (χ4v) is 4.26. The summed E-state index contributed by atoms with van der Waals surface area (Å²) < 4.78 is 9.16. The number of carbonyl (C=O) groups is 1. The summed E-state index contributed by atoms with van der Waals surface area (Å²) in [6, 6.07) is 15.7. The quantitative estimate of drug-likeness (QED) is 0.283. The molecule has 10 heteroatoms. The lowest BCUT2D eigenvalue weighted by atomic mass is 10.1. The van der Waals surface area contributed by atoms with Gasteiger partial charge in [0.05, 0.1) is 11.9 Å². The van der Waals surface area contributed by atoms with E-state index in [0.29, 0.717) is 17.2 Å². The van der Waals surface area contributed by atoms with Crippen LogP contribution < -0.4 is 15.5 Å². The number of nitrogens with zero attached hydrogens (tertiary/aromatic N) is 6. The van der Waals surface area contributed by atoms with Crippen LogP contribution in [0.2, 0.25) is 0 Å². The molecule has 10 nitrogen and oxygen atoms in total. The van der Waals surface area contributed by atoms with Crippen LogP contribution in [-0.4, -0.2) is 49.9 Å². The molecule has 5 rings (SSSR count). The molecule has 0 saturated heterocycles. The SMILES string of the molecule is CN(C)c1cccc(Nc2nccn3c(-c4cn(C)nc4-c4cccc(NC(=O)OC(C)(C)C)c4)cnc23)c1. The Morgan fingerprint density at radius 3 is 2.56 bits per heavy atom. The Hall–Kier alpha value is -4.86. The van der Waals surface area contributed by atoms with E-state index in [0.717, 1.165) is 33.9 Å². The van der Waals surface area contributed by atoms with Crippen LogP contribution in [0.3, 0.4) is 0 Å². The lowest BCUT2D eigenvalue weighted by Gasteiger charge is -2.19. The number of imidazole rings is 1. The van der Waals surface area contributed by atoms with Gasteiger partial charge in [0.2, 0.25) is 0 Å². The van der Waals surface area contributed by atoms with E-state index < -0.39 is 11.7 Å². The zero-order valence-corrected chi connectivity index (χ0v) is 22.9. The fraction of sp³-hybridized carbons (Fsp3) is 0.241. The number of aromatic nitrogens is 5. The molecule has 3 heterocycles. The van der Waals surface area contributed by atoms with Gasteiger partial charge in [0.25, 0.3) is 0 Å². The molecular formula is C29H32N8O2. The molecule has 5 aromatic rings. The molecule has 0 unspecified atom stereocenters. The van der Waals surface area contributed by atoms with Crippen molar-refractivity contribution in [3.05, 3.63) is 73.3 Å². The van der Waals surface area contributed by atoms with Gasteiger partial charge < -0.3 is 15.0 Å². The first-order valence-corrected chi connectivity index (χ1v) is 12.6. The van der Waals surface area contributed by atoms with E-state index in [1.165, 1.54) is 0 Å². The van der Waals surface area contributed by atoms with Crippen LogP contribution in [0.4, 0.5) is 27.7 Å². The van der Waals surface area contributed by atoms with Crippen molar-refractivity contribution in [2.75, 3.05) is 29.6 Å². The second-order valence-electron chi connectivity index (χ2n) is 10.5. The Morgan fingerprint density at radius 2 is 1.79 bits per heavy atom. The third-order valence-corrected chi connectivity index (χ3v) is 5.94. The molecule has 0 fully saturated rings. The molecular weight excluding hydrogens is 492 g/mol. The standard InChI is InChI=1S/C29H32N8O2/c1-29(2,3)39-28(38)33-20-10-7-9-19(15-20)25-23(18-36(6)34-25)24-17-31-27-26(30-13-14-37(24)27)32-21-11-8-12-22(16-21)35(4)5/h7-18H,1-6H3,(H,30,32)(H,33,38). The number of aryl methyl sites for hydroxylation is 1. The van der Waals surface area contributed by atoms with Crippen LogP contribution in [0.25, 0.3) is 28.2 Å². The number of nitrogens with one attached hydrogen (secondary N) is 2. The van der Waals surface area contributed by atoms with Crippen molar-refractivity contribution in [3.8, 4) is 22.5 Å². The second kappa shape index (κ2) is 10.1. The predicted molar refractivity (Wildman–Crippen MR) is 155 cm³/mol. The van der Waals surface area contributed by atoms with Gasteiger partial charge in [-0.2, -0.15) is 5.10 Å². The summed E-state index contributed by atoms with van der Waals surface area (Å²) in [4.78, 5) is 23.6. The summed E-state index contributed by atoms with van der Waals surface area (Å²) in [7, 11) is 5.90. The first-order chi connectivity index (χ1) is 18.6. The Morgan fingerprint density at radius 1 is 1.03 bits per heavy atom. The average molecular weight is 525 g/mol. The molecule has 39 heavy (non-hydrogen) atoms. The highest BCUT2D eigenvalue weighted by molar-refractivity contribution is 5.88. The summed E-state index contributed by atoms with van der Waals surface area (Å²) in [5.41, 5.74) is 6.10. The van der Waals surface area contributed by atoms with Crippen LogP contribution in [-0.2, 0) is 11.8 Å². The Bertz CT molecular complexity index is 1640. The summed E-state index contributed by atoms with van der Waals surface area (Å²) in [5, 5.41) is 10.9. The van der Waals surface area contributed by atoms with Gasteiger partial charge in [-0.05, 0) is 51.1 Å². The van der Waals surface area contributed by atoms with Crippen LogP contribution in [0.1, 0.15) is 20.8 Å². The number of amides is 1. The highest BCUT2D eigenvalue weighted by Crippen LogP contribution is 2.34. The lowest BCUT2D eigenvalue weighted by Crippen LogP contribution is -2.27. The third kappa shape index (κ3) is 5.69. The van der Waals surface area contributed by atoms with Crippen molar-refractivity contribution in [2.24, 2.45) is 7.05 Å². The van der Waals surface area contributed by atoms with Crippen molar-refractivity contribution >= 4 is 34.6 Å². The number of anilines is 4. The van der Waals surface area contributed by atoms with E-state index in [9.17, 15) is 4.79 Å². The maximum Gasteiger partial charge on any atom is 0.412 e. The minimum Gasteiger partial charge on any atom is -0.444 e.